The third kappa shape index (κ3) is 2.45. The van der Waals surface area contributed by atoms with Gasteiger partial charge in [-0.2, -0.15) is 0 Å². The Morgan fingerprint density at radius 3 is 2.94 bits per heavy atom. The van der Waals surface area contributed by atoms with Crippen molar-refractivity contribution in [2.75, 3.05) is 18.5 Å². The second-order valence-electron chi connectivity index (χ2n) is 3.31. The van der Waals surface area contributed by atoms with E-state index in [1.54, 1.807) is 0 Å². The lowest BCUT2D eigenvalue weighted by molar-refractivity contribution is 0.311. The molecule has 1 aromatic heterocycles. The molecule has 0 fully saturated rings. The van der Waals surface area contributed by atoms with Gasteiger partial charge in [0.2, 0.25) is 0 Å². The van der Waals surface area contributed by atoms with Crippen LogP contribution >= 0.6 is 27.5 Å². The number of halogens is 2. The van der Waals surface area contributed by atoms with Crippen molar-refractivity contribution < 1.29 is 5.11 Å². The van der Waals surface area contributed by atoms with Gasteiger partial charge in [0.1, 0.15) is 5.82 Å². The summed E-state index contributed by atoms with van der Waals surface area (Å²) in [5.74, 6) is 0.714. The highest BCUT2D eigenvalue weighted by molar-refractivity contribution is 9.10. The van der Waals surface area contributed by atoms with Crippen LogP contribution in [0.25, 0.3) is 10.9 Å². The molecule has 0 spiro atoms. The molecule has 0 bridgehead atoms. The summed E-state index contributed by atoms with van der Waals surface area (Å²) in [5, 5.41) is 13.3. The molecule has 3 nitrogen and oxygen atoms in total. The number of benzene rings is 1. The highest BCUT2D eigenvalue weighted by atomic mass is 79.9. The first-order chi connectivity index (χ1) is 7.70. The molecule has 1 aromatic carbocycles. The van der Waals surface area contributed by atoms with Gasteiger partial charge in [-0.1, -0.05) is 27.5 Å². The second kappa shape index (κ2) is 4.99. The summed E-state index contributed by atoms with van der Waals surface area (Å²) in [6, 6.07) is 7.58. The zero-order valence-corrected chi connectivity index (χ0v) is 10.7. The lowest BCUT2D eigenvalue weighted by Gasteiger charge is -2.06. The van der Waals surface area contributed by atoms with E-state index < -0.39 is 0 Å². The molecule has 84 valence electrons. The van der Waals surface area contributed by atoms with E-state index in [0.717, 1.165) is 15.4 Å². The van der Waals surface area contributed by atoms with Crippen LogP contribution in [0.1, 0.15) is 0 Å². The van der Waals surface area contributed by atoms with Crippen LogP contribution in [0.4, 0.5) is 5.82 Å². The number of nitrogens with zero attached hydrogens (tertiary/aromatic N) is 1. The Labute approximate surface area is 107 Å². The summed E-state index contributed by atoms with van der Waals surface area (Å²) in [6.45, 7) is 0.556. The van der Waals surface area contributed by atoms with Gasteiger partial charge < -0.3 is 10.4 Å². The SMILES string of the molecule is OCCNc1ccc2cc(Br)cc(Cl)c2n1. The van der Waals surface area contributed by atoms with Gasteiger partial charge in [-0.3, -0.25) is 0 Å². The van der Waals surface area contributed by atoms with Crippen molar-refractivity contribution in [3.63, 3.8) is 0 Å². The summed E-state index contributed by atoms with van der Waals surface area (Å²) < 4.78 is 0.933. The minimum absolute atomic E-state index is 0.0772. The van der Waals surface area contributed by atoms with Crippen molar-refractivity contribution in [1.82, 2.24) is 4.98 Å². The number of nitrogens with one attached hydrogen (secondary N) is 1. The van der Waals surface area contributed by atoms with Gasteiger partial charge in [-0.05, 0) is 24.3 Å². The van der Waals surface area contributed by atoms with Gasteiger partial charge in [0.05, 0.1) is 17.1 Å². The first kappa shape index (κ1) is 11.6. The van der Waals surface area contributed by atoms with E-state index in [1.165, 1.54) is 0 Å². The van der Waals surface area contributed by atoms with E-state index in [1.807, 2.05) is 24.3 Å². The highest BCUT2D eigenvalue weighted by Gasteiger charge is 2.03. The standard InChI is InChI=1S/C11H10BrClN2O/c12-8-5-7-1-2-10(14-3-4-16)15-11(7)9(13)6-8/h1-2,5-6,16H,3-4H2,(H,14,15). The molecule has 0 radical (unpaired) electrons. The van der Waals surface area contributed by atoms with Gasteiger partial charge in [0.25, 0.3) is 0 Å². The van der Waals surface area contributed by atoms with E-state index in [9.17, 15) is 0 Å². The van der Waals surface area contributed by atoms with Crippen molar-refractivity contribution in [2.45, 2.75) is 0 Å². The monoisotopic (exact) mass is 300 g/mol. The summed E-state index contributed by atoms with van der Waals surface area (Å²) in [6.07, 6.45) is 0. The maximum atomic E-state index is 8.71. The van der Waals surface area contributed by atoms with Crippen LogP contribution in [0.15, 0.2) is 28.7 Å². The average Bonchev–Trinajstić information content (AvgIpc) is 2.26. The molecule has 0 aliphatic carbocycles. The quantitative estimate of drug-likeness (QED) is 0.916. The normalized spacial score (nSPS) is 10.7. The van der Waals surface area contributed by atoms with Gasteiger partial charge in [-0.15, -0.1) is 0 Å². The molecule has 1 heterocycles. The smallest absolute Gasteiger partial charge is 0.126 e. The molecular formula is C11H10BrClN2O. The summed E-state index contributed by atoms with van der Waals surface area (Å²) in [5.41, 5.74) is 0.757. The summed E-state index contributed by atoms with van der Waals surface area (Å²) >= 11 is 9.48. The van der Waals surface area contributed by atoms with Gasteiger partial charge in [-0.25, -0.2) is 4.98 Å². The van der Waals surface area contributed by atoms with Gasteiger partial charge in [0, 0.05) is 16.4 Å². The van der Waals surface area contributed by atoms with Crippen molar-refractivity contribution in [3.05, 3.63) is 33.8 Å². The molecule has 2 rings (SSSR count). The Hall–Kier alpha value is -0.840. The molecule has 0 aliphatic heterocycles. The number of rotatable bonds is 3. The van der Waals surface area contributed by atoms with Crippen molar-refractivity contribution in [1.29, 1.82) is 0 Å². The number of anilines is 1. The Kier molecular flexibility index (Phi) is 3.63. The Balaban J connectivity index is 2.45. The van der Waals surface area contributed by atoms with Crippen molar-refractivity contribution in [2.24, 2.45) is 0 Å². The molecule has 0 atom stereocenters. The molecular weight excluding hydrogens is 291 g/mol. The van der Waals surface area contributed by atoms with Gasteiger partial charge in [0.15, 0.2) is 0 Å². The molecule has 0 aliphatic rings. The topological polar surface area (TPSA) is 45.1 Å². The summed E-state index contributed by atoms with van der Waals surface area (Å²) in [4.78, 5) is 4.38. The molecule has 0 unspecified atom stereocenters. The zero-order chi connectivity index (χ0) is 11.5. The van der Waals surface area contributed by atoms with Crippen LogP contribution < -0.4 is 5.32 Å². The highest BCUT2D eigenvalue weighted by Crippen LogP contribution is 2.27. The minimum atomic E-state index is 0.0772. The van der Waals surface area contributed by atoms with E-state index in [2.05, 4.69) is 26.2 Å². The van der Waals surface area contributed by atoms with Crippen LogP contribution in [0, 0.1) is 0 Å². The van der Waals surface area contributed by atoms with Crippen LogP contribution in [0.2, 0.25) is 5.02 Å². The van der Waals surface area contributed by atoms with E-state index >= 15 is 0 Å². The lowest BCUT2D eigenvalue weighted by atomic mass is 10.2. The van der Waals surface area contributed by atoms with Crippen molar-refractivity contribution in [3.8, 4) is 0 Å². The van der Waals surface area contributed by atoms with E-state index in [-0.39, 0.29) is 6.61 Å². The fourth-order valence-corrected chi connectivity index (χ4v) is 2.32. The predicted molar refractivity (Wildman–Crippen MR) is 70.0 cm³/mol. The number of aliphatic hydroxyl groups excluding tert-OH is 1. The Morgan fingerprint density at radius 1 is 1.38 bits per heavy atom. The largest absolute Gasteiger partial charge is 0.395 e. The van der Waals surface area contributed by atoms with Crippen LogP contribution in [-0.4, -0.2) is 23.2 Å². The third-order valence-corrected chi connectivity index (χ3v) is 2.87. The fourth-order valence-electron chi connectivity index (χ4n) is 1.44. The number of aliphatic hydroxyl groups is 1. The lowest BCUT2D eigenvalue weighted by Crippen LogP contribution is -2.06. The predicted octanol–water partition coefficient (Wildman–Crippen LogP) is 3.05. The fraction of sp³-hybridized carbons (Fsp3) is 0.182. The van der Waals surface area contributed by atoms with E-state index in [4.69, 9.17) is 16.7 Å². The molecule has 2 N–H and O–H groups in total. The maximum Gasteiger partial charge on any atom is 0.126 e. The minimum Gasteiger partial charge on any atom is -0.395 e. The zero-order valence-electron chi connectivity index (χ0n) is 8.37. The first-order valence-corrected chi connectivity index (χ1v) is 5.98. The Bertz CT molecular complexity index is 519. The number of aromatic nitrogens is 1. The first-order valence-electron chi connectivity index (χ1n) is 4.81. The number of fused-ring (bicyclic) bond motifs is 1. The molecule has 0 saturated carbocycles. The average molecular weight is 302 g/mol. The van der Waals surface area contributed by atoms with Crippen LogP contribution in [0.5, 0.6) is 0 Å². The third-order valence-electron chi connectivity index (χ3n) is 2.13. The molecule has 16 heavy (non-hydrogen) atoms. The van der Waals surface area contributed by atoms with Crippen LogP contribution in [0.3, 0.4) is 0 Å². The molecule has 2 aromatic rings. The molecule has 0 saturated heterocycles. The van der Waals surface area contributed by atoms with E-state index in [0.29, 0.717) is 17.4 Å². The molecule has 5 heteroatoms. The second-order valence-corrected chi connectivity index (χ2v) is 4.63. The number of hydrogen-bond acceptors (Lipinski definition) is 3. The van der Waals surface area contributed by atoms with Gasteiger partial charge >= 0.3 is 0 Å². The summed E-state index contributed by atoms with van der Waals surface area (Å²) in [7, 11) is 0. The number of hydrogen-bond donors (Lipinski definition) is 2. The maximum absolute atomic E-state index is 8.71. The van der Waals surface area contributed by atoms with Crippen LogP contribution in [-0.2, 0) is 0 Å². The molecule has 0 amide bonds. The number of pyridine rings is 1. The van der Waals surface area contributed by atoms with Crippen molar-refractivity contribution >= 4 is 44.3 Å². The Morgan fingerprint density at radius 2 is 2.19 bits per heavy atom.